The van der Waals surface area contributed by atoms with Crippen molar-refractivity contribution in [2.24, 2.45) is 0 Å². The molecule has 0 atom stereocenters. The lowest BCUT2D eigenvalue weighted by molar-refractivity contribution is 0.601. The van der Waals surface area contributed by atoms with Gasteiger partial charge >= 0.3 is 0 Å². The Morgan fingerprint density at radius 3 is 1.24 bits per heavy atom. The monoisotopic (exact) mass is 494 g/mol. The summed E-state index contributed by atoms with van der Waals surface area (Å²) in [6.07, 6.45) is 0. The quantitative estimate of drug-likeness (QED) is 0.228. The van der Waals surface area contributed by atoms with E-state index in [1.807, 2.05) is 12.1 Å². The van der Waals surface area contributed by atoms with Crippen molar-refractivity contribution in [3.05, 3.63) is 144 Å². The largest absolute Gasteiger partial charge is 0.457 e. The maximum Gasteiger partial charge on any atom is 0.134 e. The number of hydrogen-bond acceptors (Lipinski definition) is 2. The molecule has 0 fully saturated rings. The van der Waals surface area contributed by atoms with Crippen LogP contribution in [0.2, 0.25) is 13.1 Å². The smallest absolute Gasteiger partial charge is 0.134 e. The Morgan fingerprint density at radius 2 is 0.838 bits per heavy atom. The van der Waals surface area contributed by atoms with Crippen LogP contribution in [0.15, 0.2) is 130 Å². The summed E-state index contributed by atoms with van der Waals surface area (Å²) in [4.78, 5) is 0. The van der Waals surface area contributed by atoms with Crippen molar-refractivity contribution < 1.29 is 8.83 Å². The fourth-order valence-electron chi connectivity index (χ4n) is 5.86. The summed E-state index contributed by atoms with van der Waals surface area (Å²) in [7, 11) is -2.33. The first kappa shape index (κ1) is 21.9. The van der Waals surface area contributed by atoms with Crippen LogP contribution in [0.3, 0.4) is 0 Å². The molecule has 0 N–H and O–H groups in total. The first-order chi connectivity index (χ1) is 18.1. The molecule has 0 radical (unpaired) electrons. The Bertz CT molecular complexity index is 1630. The zero-order valence-electron chi connectivity index (χ0n) is 20.9. The fraction of sp³-hybridized carbons (Fsp3) is 0.0588. The van der Waals surface area contributed by atoms with Crippen molar-refractivity contribution in [1.82, 2.24) is 0 Å². The highest BCUT2D eigenvalue weighted by atomic mass is 28.3. The molecule has 37 heavy (non-hydrogen) atoms. The van der Waals surface area contributed by atoms with E-state index in [1.165, 1.54) is 32.7 Å². The normalized spacial score (nSPS) is 15.3. The SMILES string of the molecule is C[Si]1(C)C(c2cc3ccccc3o2)=C(c2ccccc2)C(c2ccccc2)=C1c1cc2ccccc2o1. The van der Waals surface area contributed by atoms with Gasteiger partial charge in [-0.05, 0) is 56.9 Å². The Balaban J connectivity index is 1.60. The number of hydrogen-bond donors (Lipinski definition) is 0. The minimum absolute atomic E-state index is 0.917. The first-order valence-electron chi connectivity index (χ1n) is 12.7. The predicted octanol–water partition coefficient (Wildman–Crippen LogP) is 9.50. The van der Waals surface area contributed by atoms with Crippen LogP contribution in [0.1, 0.15) is 22.6 Å². The van der Waals surface area contributed by atoms with Gasteiger partial charge in [0.25, 0.3) is 0 Å². The van der Waals surface area contributed by atoms with Crippen LogP contribution >= 0.6 is 0 Å². The molecule has 178 valence electrons. The molecule has 6 aromatic rings. The molecule has 3 heterocycles. The Kier molecular flexibility index (Phi) is 4.95. The minimum Gasteiger partial charge on any atom is -0.457 e. The third-order valence-electron chi connectivity index (χ3n) is 7.47. The summed E-state index contributed by atoms with van der Waals surface area (Å²) >= 11 is 0. The third-order valence-corrected chi connectivity index (χ3v) is 11.0. The molecule has 3 heteroatoms. The average molecular weight is 495 g/mol. The predicted molar refractivity (Wildman–Crippen MR) is 156 cm³/mol. The molecular formula is C34H26O2Si. The molecule has 4 aromatic carbocycles. The molecular weight excluding hydrogens is 468 g/mol. The summed E-state index contributed by atoms with van der Waals surface area (Å²) in [5.41, 5.74) is 6.73. The van der Waals surface area contributed by atoms with Crippen LogP contribution in [-0.2, 0) is 0 Å². The lowest BCUT2D eigenvalue weighted by Gasteiger charge is -2.23. The highest BCUT2D eigenvalue weighted by Crippen LogP contribution is 2.56. The second-order valence-corrected chi connectivity index (χ2v) is 14.4. The number of rotatable bonds is 4. The van der Waals surface area contributed by atoms with Crippen LogP contribution in [0.5, 0.6) is 0 Å². The highest BCUT2D eigenvalue weighted by molar-refractivity contribution is 7.13. The van der Waals surface area contributed by atoms with E-state index in [2.05, 4.69) is 122 Å². The van der Waals surface area contributed by atoms with Gasteiger partial charge < -0.3 is 8.83 Å². The van der Waals surface area contributed by atoms with Gasteiger partial charge in [0.05, 0.1) is 0 Å². The summed E-state index contributed by atoms with van der Waals surface area (Å²) in [6.45, 7) is 4.85. The topological polar surface area (TPSA) is 26.3 Å². The van der Waals surface area contributed by atoms with Crippen LogP contribution in [0.4, 0.5) is 0 Å². The van der Waals surface area contributed by atoms with E-state index in [0.29, 0.717) is 0 Å². The molecule has 0 unspecified atom stereocenters. The molecule has 2 nitrogen and oxygen atoms in total. The molecule has 1 aliphatic rings. The lowest BCUT2D eigenvalue weighted by Crippen LogP contribution is -2.28. The van der Waals surface area contributed by atoms with Gasteiger partial charge in [0.1, 0.15) is 30.8 Å². The number of para-hydroxylation sites is 2. The van der Waals surface area contributed by atoms with Crippen molar-refractivity contribution in [1.29, 1.82) is 0 Å². The van der Waals surface area contributed by atoms with Gasteiger partial charge in [-0.3, -0.25) is 0 Å². The maximum atomic E-state index is 6.59. The Labute approximate surface area is 217 Å². The van der Waals surface area contributed by atoms with Gasteiger partial charge in [0.15, 0.2) is 0 Å². The van der Waals surface area contributed by atoms with Gasteiger partial charge in [-0.2, -0.15) is 0 Å². The van der Waals surface area contributed by atoms with Crippen LogP contribution in [0.25, 0.3) is 43.5 Å². The van der Waals surface area contributed by atoms with Crippen molar-refractivity contribution >= 4 is 51.6 Å². The third kappa shape index (κ3) is 3.46. The van der Waals surface area contributed by atoms with E-state index in [9.17, 15) is 0 Å². The van der Waals surface area contributed by atoms with Crippen LogP contribution in [0, 0.1) is 0 Å². The van der Waals surface area contributed by atoms with Gasteiger partial charge in [-0.15, -0.1) is 0 Å². The molecule has 0 amide bonds. The van der Waals surface area contributed by atoms with Crippen molar-refractivity contribution in [3.63, 3.8) is 0 Å². The number of furan rings is 2. The van der Waals surface area contributed by atoms with Gasteiger partial charge in [-0.1, -0.05) is 110 Å². The molecule has 0 aliphatic carbocycles. The molecule has 0 spiro atoms. The van der Waals surface area contributed by atoms with E-state index in [1.54, 1.807) is 0 Å². The van der Waals surface area contributed by atoms with Gasteiger partial charge in [-0.25, -0.2) is 0 Å². The van der Waals surface area contributed by atoms with E-state index in [4.69, 9.17) is 8.83 Å². The van der Waals surface area contributed by atoms with Gasteiger partial charge in [0, 0.05) is 10.8 Å². The highest BCUT2D eigenvalue weighted by Gasteiger charge is 2.46. The van der Waals surface area contributed by atoms with E-state index < -0.39 is 8.07 Å². The van der Waals surface area contributed by atoms with Crippen LogP contribution in [-0.4, -0.2) is 8.07 Å². The van der Waals surface area contributed by atoms with E-state index in [0.717, 1.165) is 33.5 Å². The lowest BCUT2D eigenvalue weighted by atomic mass is 9.91. The number of allylic oxidation sites excluding steroid dienone is 2. The summed E-state index contributed by atoms with van der Waals surface area (Å²) in [6, 6.07) is 42.5. The second-order valence-electron chi connectivity index (χ2n) is 10.2. The summed E-state index contributed by atoms with van der Waals surface area (Å²) in [5, 5.41) is 4.87. The molecule has 0 bridgehead atoms. The number of fused-ring (bicyclic) bond motifs is 2. The van der Waals surface area contributed by atoms with Crippen molar-refractivity contribution in [3.8, 4) is 0 Å². The number of benzene rings is 4. The standard InChI is InChI=1S/C34H26O2Si/c1-37(2)33(29-21-25-17-9-11-19-27(25)35-29)31(23-13-5-3-6-14-23)32(24-15-7-4-8-16-24)34(37)30-22-26-18-10-12-20-28(26)36-30/h3-22H,1-2H3. The van der Waals surface area contributed by atoms with E-state index >= 15 is 0 Å². The van der Waals surface area contributed by atoms with Crippen LogP contribution < -0.4 is 0 Å². The molecule has 0 saturated carbocycles. The minimum atomic E-state index is -2.33. The van der Waals surface area contributed by atoms with Crippen molar-refractivity contribution in [2.75, 3.05) is 0 Å². The second kappa shape index (κ2) is 8.36. The zero-order valence-corrected chi connectivity index (χ0v) is 21.9. The Morgan fingerprint density at radius 1 is 0.459 bits per heavy atom. The van der Waals surface area contributed by atoms with Gasteiger partial charge in [0.2, 0.25) is 0 Å². The summed E-state index contributed by atoms with van der Waals surface area (Å²) in [5.74, 6) is 1.91. The molecule has 2 aromatic heterocycles. The van der Waals surface area contributed by atoms with E-state index in [-0.39, 0.29) is 0 Å². The average Bonchev–Trinajstić information content (AvgIpc) is 3.60. The molecule has 7 rings (SSSR count). The first-order valence-corrected chi connectivity index (χ1v) is 15.7. The molecule has 0 saturated heterocycles. The maximum absolute atomic E-state index is 6.59. The zero-order chi connectivity index (χ0) is 25.0. The molecule has 1 aliphatic heterocycles. The van der Waals surface area contributed by atoms with Crippen molar-refractivity contribution in [2.45, 2.75) is 13.1 Å². The Hall–Kier alpha value is -4.34. The summed E-state index contributed by atoms with van der Waals surface area (Å²) < 4.78 is 13.2. The fourth-order valence-corrected chi connectivity index (χ4v) is 9.38.